The Morgan fingerprint density at radius 1 is 1.00 bits per heavy atom. The summed E-state index contributed by atoms with van der Waals surface area (Å²) in [7, 11) is 0. The first kappa shape index (κ1) is 17.7. The second-order valence-electron chi connectivity index (χ2n) is 6.38. The van der Waals surface area contributed by atoms with E-state index in [9.17, 15) is 4.79 Å². The van der Waals surface area contributed by atoms with Gasteiger partial charge >= 0.3 is 0 Å². The third-order valence-electron chi connectivity index (χ3n) is 4.51. The monoisotopic (exact) mass is 372 g/mol. The fourth-order valence-electron chi connectivity index (χ4n) is 3.01. The van der Waals surface area contributed by atoms with Crippen LogP contribution in [0.25, 0.3) is 16.8 Å². The van der Waals surface area contributed by atoms with Crippen LogP contribution in [0.1, 0.15) is 16.1 Å². The molecule has 3 heterocycles. The quantitative estimate of drug-likeness (QED) is 0.565. The molecule has 0 saturated carbocycles. The molecular formula is C21H20N6O. The Hall–Kier alpha value is -3.74. The molecule has 0 bridgehead atoms. The molecule has 1 aromatic carbocycles. The maximum absolute atomic E-state index is 12.5. The van der Waals surface area contributed by atoms with Crippen LogP contribution in [0.4, 0.5) is 0 Å². The van der Waals surface area contributed by atoms with E-state index >= 15 is 0 Å². The molecular weight excluding hydrogens is 352 g/mol. The van der Waals surface area contributed by atoms with E-state index < -0.39 is 0 Å². The zero-order chi connectivity index (χ0) is 19.3. The van der Waals surface area contributed by atoms with E-state index in [-0.39, 0.29) is 5.91 Å². The molecule has 0 spiro atoms. The second-order valence-corrected chi connectivity index (χ2v) is 6.38. The van der Waals surface area contributed by atoms with Crippen molar-refractivity contribution < 1.29 is 4.79 Å². The molecule has 7 nitrogen and oxygen atoms in total. The zero-order valence-electron chi connectivity index (χ0n) is 15.5. The van der Waals surface area contributed by atoms with E-state index in [2.05, 4.69) is 20.5 Å². The number of para-hydroxylation sites is 1. The van der Waals surface area contributed by atoms with E-state index in [1.165, 1.54) is 0 Å². The predicted molar refractivity (Wildman–Crippen MR) is 106 cm³/mol. The van der Waals surface area contributed by atoms with Crippen molar-refractivity contribution in [3.63, 3.8) is 0 Å². The van der Waals surface area contributed by atoms with Crippen LogP contribution in [-0.2, 0) is 6.54 Å². The van der Waals surface area contributed by atoms with Crippen LogP contribution in [0.5, 0.6) is 0 Å². The molecule has 1 N–H and O–H groups in total. The third-order valence-corrected chi connectivity index (χ3v) is 4.51. The highest BCUT2D eigenvalue weighted by atomic mass is 16.1. The molecule has 0 saturated heterocycles. The number of pyridine rings is 1. The molecule has 0 fully saturated rings. The van der Waals surface area contributed by atoms with Gasteiger partial charge in [-0.05, 0) is 25.1 Å². The molecule has 1 amide bonds. The third kappa shape index (κ3) is 3.68. The summed E-state index contributed by atoms with van der Waals surface area (Å²) < 4.78 is 3.57. The second kappa shape index (κ2) is 7.87. The first-order valence-corrected chi connectivity index (χ1v) is 9.03. The first-order chi connectivity index (χ1) is 13.7. The minimum atomic E-state index is -0.140. The van der Waals surface area contributed by atoms with E-state index in [0.29, 0.717) is 18.7 Å². The van der Waals surface area contributed by atoms with Crippen LogP contribution in [0.15, 0.2) is 73.4 Å². The average Bonchev–Trinajstić information content (AvgIpc) is 3.36. The minimum Gasteiger partial charge on any atom is -0.350 e. The lowest BCUT2D eigenvalue weighted by molar-refractivity contribution is 0.0951. The number of nitrogens with zero attached hydrogens (tertiary/aromatic N) is 5. The lowest BCUT2D eigenvalue weighted by atomic mass is 10.2. The smallest absolute Gasteiger partial charge is 0.254 e. The van der Waals surface area contributed by atoms with Gasteiger partial charge in [-0.25, -0.2) is 4.68 Å². The average molecular weight is 372 g/mol. The Morgan fingerprint density at radius 2 is 1.86 bits per heavy atom. The Kier molecular flexibility index (Phi) is 4.97. The number of aromatic nitrogens is 5. The van der Waals surface area contributed by atoms with Crippen molar-refractivity contribution in [2.75, 3.05) is 6.54 Å². The van der Waals surface area contributed by atoms with Crippen LogP contribution in [0, 0.1) is 6.92 Å². The number of carbonyl (C=O) groups is 1. The SMILES string of the molecule is Cc1c(C(=O)NCCn2cc(-c3cccnc3)cn2)cnn1-c1ccccc1. The molecule has 4 rings (SSSR count). The zero-order valence-corrected chi connectivity index (χ0v) is 15.5. The molecule has 0 aliphatic heterocycles. The van der Waals surface area contributed by atoms with Gasteiger partial charge < -0.3 is 5.32 Å². The summed E-state index contributed by atoms with van der Waals surface area (Å²) >= 11 is 0. The van der Waals surface area contributed by atoms with Crippen molar-refractivity contribution in [1.82, 2.24) is 29.9 Å². The molecule has 28 heavy (non-hydrogen) atoms. The molecule has 0 radical (unpaired) electrons. The Balaban J connectivity index is 1.37. The van der Waals surface area contributed by atoms with Crippen molar-refractivity contribution in [3.05, 3.63) is 84.7 Å². The number of rotatable bonds is 6. The van der Waals surface area contributed by atoms with Crippen molar-refractivity contribution >= 4 is 5.91 Å². The number of benzene rings is 1. The van der Waals surface area contributed by atoms with Crippen LogP contribution in [0.2, 0.25) is 0 Å². The molecule has 0 unspecified atom stereocenters. The van der Waals surface area contributed by atoms with Crippen molar-refractivity contribution in [2.45, 2.75) is 13.5 Å². The largest absolute Gasteiger partial charge is 0.350 e. The van der Waals surface area contributed by atoms with Crippen molar-refractivity contribution in [2.24, 2.45) is 0 Å². The number of carbonyl (C=O) groups excluding carboxylic acids is 1. The molecule has 4 aromatic rings. The Bertz CT molecular complexity index is 1070. The molecule has 3 aromatic heterocycles. The van der Waals surface area contributed by atoms with Gasteiger partial charge in [-0.1, -0.05) is 24.3 Å². The fourth-order valence-corrected chi connectivity index (χ4v) is 3.01. The number of hydrogen-bond acceptors (Lipinski definition) is 4. The lowest BCUT2D eigenvalue weighted by Crippen LogP contribution is -2.27. The van der Waals surface area contributed by atoms with Crippen LogP contribution in [-0.4, -0.2) is 37.0 Å². The fraction of sp³-hybridized carbons (Fsp3) is 0.143. The summed E-state index contributed by atoms with van der Waals surface area (Å²) in [6, 6.07) is 13.6. The highest BCUT2D eigenvalue weighted by molar-refractivity contribution is 5.95. The van der Waals surface area contributed by atoms with Gasteiger partial charge in [0.15, 0.2) is 0 Å². The highest BCUT2D eigenvalue weighted by Crippen LogP contribution is 2.16. The lowest BCUT2D eigenvalue weighted by Gasteiger charge is -2.07. The maximum atomic E-state index is 12.5. The first-order valence-electron chi connectivity index (χ1n) is 9.03. The minimum absolute atomic E-state index is 0.140. The predicted octanol–water partition coefficient (Wildman–Crippen LogP) is 2.87. The Labute approximate surface area is 162 Å². The summed E-state index contributed by atoms with van der Waals surface area (Å²) in [5.41, 5.74) is 4.32. The number of hydrogen-bond donors (Lipinski definition) is 1. The van der Waals surface area contributed by atoms with Crippen molar-refractivity contribution in [3.8, 4) is 16.8 Å². The summed E-state index contributed by atoms with van der Waals surface area (Å²) in [6.07, 6.45) is 8.89. The van der Waals surface area contributed by atoms with Crippen LogP contribution >= 0.6 is 0 Å². The molecule has 0 atom stereocenters. The van der Waals surface area contributed by atoms with E-state index in [1.54, 1.807) is 29.5 Å². The van der Waals surface area contributed by atoms with E-state index in [4.69, 9.17) is 0 Å². The topological polar surface area (TPSA) is 77.6 Å². The van der Waals surface area contributed by atoms with Gasteiger partial charge in [-0.15, -0.1) is 0 Å². The van der Waals surface area contributed by atoms with Gasteiger partial charge in [0, 0.05) is 36.3 Å². The standard InChI is InChI=1S/C21H20N6O/c1-16-20(14-25-27(16)19-7-3-2-4-8-19)21(28)23-10-11-26-15-18(13-24-26)17-6-5-9-22-12-17/h2-9,12-15H,10-11H2,1H3,(H,23,28). The molecule has 140 valence electrons. The van der Waals surface area contributed by atoms with Crippen LogP contribution in [0.3, 0.4) is 0 Å². The van der Waals surface area contributed by atoms with Gasteiger partial charge in [-0.3, -0.25) is 14.5 Å². The van der Waals surface area contributed by atoms with Crippen LogP contribution < -0.4 is 5.32 Å². The molecule has 0 aliphatic carbocycles. The van der Waals surface area contributed by atoms with Gasteiger partial charge in [0.2, 0.25) is 0 Å². The van der Waals surface area contributed by atoms with Crippen molar-refractivity contribution in [1.29, 1.82) is 0 Å². The molecule has 0 aliphatic rings. The van der Waals surface area contributed by atoms with E-state index in [0.717, 1.165) is 22.5 Å². The maximum Gasteiger partial charge on any atom is 0.254 e. The molecule has 7 heteroatoms. The summed E-state index contributed by atoms with van der Waals surface area (Å²) in [4.78, 5) is 16.6. The Morgan fingerprint density at radius 3 is 2.64 bits per heavy atom. The summed E-state index contributed by atoms with van der Waals surface area (Å²) in [5, 5.41) is 11.6. The van der Waals surface area contributed by atoms with Gasteiger partial charge in [-0.2, -0.15) is 10.2 Å². The summed E-state index contributed by atoms with van der Waals surface area (Å²) in [6.45, 7) is 2.95. The van der Waals surface area contributed by atoms with Gasteiger partial charge in [0.05, 0.1) is 35.9 Å². The number of amides is 1. The highest BCUT2D eigenvalue weighted by Gasteiger charge is 2.14. The van der Waals surface area contributed by atoms with Gasteiger partial charge in [0.25, 0.3) is 5.91 Å². The van der Waals surface area contributed by atoms with E-state index in [1.807, 2.05) is 60.3 Å². The van der Waals surface area contributed by atoms with Gasteiger partial charge in [0.1, 0.15) is 0 Å². The summed E-state index contributed by atoms with van der Waals surface area (Å²) in [5.74, 6) is -0.140. The normalized spacial score (nSPS) is 10.8. The number of nitrogens with one attached hydrogen (secondary N) is 1.